The molecule has 1 aliphatic heterocycles. The average molecular weight is 400 g/mol. The number of carbonyl (C=O) groups is 2. The monoisotopic (exact) mass is 399 g/mol. The smallest absolute Gasteiger partial charge is 0.255 e. The lowest BCUT2D eigenvalue weighted by Gasteiger charge is -2.21. The summed E-state index contributed by atoms with van der Waals surface area (Å²) in [5.41, 5.74) is 1.76. The lowest BCUT2D eigenvalue weighted by Crippen LogP contribution is -2.44. The van der Waals surface area contributed by atoms with Gasteiger partial charge < -0.3 is 10.2 Å². The van der Waals surface area contributed by atoms with Crippen molar-refractivity contribution in [3.8, 4) is 0 Å². The molecule has 7 heteroatoms. The first-order chi connectivity index (χ1) is 13.1. The van der Waals surface area contributed by atoms with Crippen molar-refractivity contribution in [3.63, 3.8) is 0 Å². The summed E-state index contributed by atoms with van der Waals surface area (Å²) in [7, 11) is 0. The number of fused-ring (bicyclic) bond motifs is 2. The summed E-state index contributed by atoms with van der Waals surface area (Å²) in [6, 6.07) is 9.89. The van der Waals surface area contributed by atoms with Crippen molar-refractivity contribution in [3.05, 3.63) is 51.2 Å². The molecule has 0 fully saturated rings. The quantitative estimate of drug-likeness (QED) is 0.714. The Morgan fingerprint density at radius 2 is 2.19 bits per heavy atom. The Kier molecular flexibility index (Phi) is 5.22. The van der Waals surface area contributed by atoms with Gasteiger partial charge in [-0.2, -0.15) is 0 Å². The second-order valence-electron chi connectivity index (χ2n) is 6.84. The molecule has 0 bridgehead atoms. The molecule has 1 aliphatic rings. The van der Waals surface area contributed by atoms with E-state index in [1.165, 1.54) is 0 Å². The highest BCUT2D eigenvalue weighted by Crippen LogP contribution is 2.24. The van der Waals surface area contributed by atoms with Crippen LogP contribution in [0, 0.1) is 0 Å². The second-order valence-corrected chi connectivity index (χ2v) is 8.95. The van der Waals surface area contributed by atoms with E-state index in [1.54, 1.807) is 27.6 Å². The molecule has 0 radical (unpaired) electrons. The van der Waals surface area contributed by atoms with E-state index in [4.69, 9.17) is 0 Å². The van der Waals surface area contributed by atoms with E-state index in [1.807, 2.05) is 36.6 Å². The van der Waals surface area contributed by atoms with Crippen molar-refractivity contribution in [2.45, 2.75) is 32.2 Å². The lowest BCUT2D eigenvalue weighted by atomic mass is 10.2. The number of carbonyl (C=O) groups excluding carboxylic acids is 2. The van der Waals surface area contributed by atoms with Crippen molar-refractivity contribution < 1.29 is 9.59 Å². The zero-order valence-corrected chi connectivity index (χ0v) is 16.7. The summed E-state index contributed by atoms with van der Waals surface area (Å²) < 4.78 is 1.16. The highest BCUT2D eigenvalue weighted by Gasteiger charge is 2.25. The molecule has 0 spiro atoms. The summed E-state index contributed by atoms with van der Waals surface area (Å²) in [5.74, 6) is -0.145. The molecular weight excluding hydrogens is 378 g/mol. The van der Waals surface area contributed by atoms with Gasteiger partial charge in [0.25, 0.3) is 5.91 Å². The number of amides is 2. The molecule has 1 N–H and O–H groups in total. The number of para-hydroxylation sites is 1. The SMILES string of the molecule is CC(Cc1nc2ccccc2s1)NC(=O)CN1CCCc2sccc2C1=O. The van der Waals surface area contributed by atoms with Crippen LogP contribution in [0.5, 0.6) is 0 Å². The lowest BCUT2D eigenvalue weighted by molar-refractivity contribution is -0.122. The Labute approximate surface area is 166 Å². The van der Waals surface area contributed by atoms with Crippen LogP contribution >= 0.6 is 22.7 Å². The van der Waals surface area contributed by atoms with Gasteiger partial charge in [0, 0.05) is 23.9 Å². The Morgan fingerprint density at radius 3 is 3.04 bits per heavy atom. The van der Waals surface area contributed by atoms with Crippen LogP contribution in [0.25, 0.3) is 10.2 Å². The first-order valence-corrected chi connectivity index (χ1v) is 10.8. The van der Waals surface area contributed by atoms with Crippen LogP contribution in [-0.4, -0.2) is 40.8 Å². The van der Waals surface area contributed by atoms with Crippen LogP contribution in [0.15, 0.2) is 35.7 Å². The van der Waals surface area contributed by atoms with Gasteiger partial charge in [0.15, 0.2) is 0 Å². The molecule has 0 saturated heterocycles. The van der Waals surface area contributed by atoms with Gasteiger partial charge >= 0.3 is 0 Å². The van der Waals surface area contributed by atoms with E-state index in [0.717, 1.165) is 38.5 Å². The highest BCUT2D eigenvalue weighted by molar-refractivity contribution is 7.18. The molecule has 27 heavy (non-hydrogen) atoms. The van der Waals surface area contributed by atoms with E-state index >= 15 is 0 Å². The molecule has 5 nitrogen and oxygen atoms in total. The fourth-order valence-electron chi connectivity index (χ4n) is 3.39. The maximum Gasteiger partial charge on any atom is 0.255 e. The standard InChI is InChI=1S/C20H21N3O2S2/c1-13(11-19-22-15-5-2-3-6-17(15)27-19)21-18(24)12-23-9-4-7-16-14(20(23)25)8-10-26-16/h2-3,5-6,8,10,13H,4,7,9,11-12H2,1H3,(H,21,24). The molecule has 3 heterocycles. The topological polar surface area (TPSA) is 62.3 Å². The van der Waals surface area contributed by atoms with E-state index < -0.39 is 0 Å². The minimum atomic E-state index is -0.115. The van der Waals surface area contributed by atoms with Crippen LogP contribution < -0.4 is 5.32 Å². The molecule has 1 atom stereocenters. The van der Waals surface area contributed by atoms with Crippen LogP contribution in [0.3, 0.4) is 0 Å². The zero-order valence-electron chi connectivity index (χ0n) is 15.1. The number of aromatic nitrogens is 1. The molecule has 0 aliphatic carbocycles. The zero-order chi connectivity index (χ0) is 18.8. The normalized spacial score (nSPS) is 15.4. The summed E-state index contributed by atoms with van der Waals surface area (Å²) in [5, 5.41) is 5.98. The van der Waals surface area contributed by atoms with Crippen LogP contribution in [0.4, 0.5) is 0 Å². The van der Waals surface area contributed by atoms with Crippen molar-refractivity contribution >= 4 is 44.7 Å². The van der Waals surface area contributed by atoms with Crippen molar-refractivity contribution in [2.75, 3.05) is 13.1 Å². The van der Waals surface area contributed by atoms with Gasteiger partial charge in [0.05, 0.1) is 27.3 Å². The summed E-state index contributed by atoms with van der Waals surface area (Å²) in [4.78, 5) is 32.5. The van der Waals surface area contributed by atoms with Crippen molar-refractivity contribution in [1.29, 1.82) is 0 Å². The maximum absolute atomic E-state index is 12.7. The molecule has 2 aromatic heterocycles. The molecule has 4 rings (SSSR count). The van der Waals surface area contributed by atoms with Crippen LogP contribution in [-0.2, 0) is 17.6 Å². The summed E-state index contributed by atoms with van der Waals surface area (Å²) in [6.07, 6.45) is 2.49. The van der Waals surface area contributed by atoms with Gasteiger partial charge in [-0.05, 0) is 43.3 Å². The third-order valence-corrected chi connectivity index (χ3v) is 6.70. The van der Waals surface area contributed by atoms with Gasteiger partial charge in [0.2, 0.25) is 5.91 Å². The average Bonchev–Trinajstić information content (AvgIpc) is 3.23. The summed E-state index contributed by atoms with van der Waals surface area (Å²) in [6.45, 7) is 2.71. The number of aryl methyl sites for hydroxylation is 1. The van der Waals surface area contributed by atoms with Crippen molar-refractivity contribution in [1.82, 2.24) is 15.2 Å². The van der Waals surface area contributed by atoms with E-state index in [-0.39, 0.29) is 24.4 Å². The van der Waals surface area contributed by atoms with E-state index in [2.05, 4.69) is 16.4 Å². The summed E-state index contributed by atoms with van der Waals surface area (Å²) >= 11 is 3.28. The van der Waals surface area contributed by atoms with E-state index in [9.17, 15) is 9.59 Å². The third kappa shape index (κ3) is 4.04. The number of hydrogen-bond acceptors (Lipinski definition) is 5. The number of nitrogens with one attached hydrogen (secondary N) is 1. The van der Waals surface area contributed by atoms with Gasteiger partial charge in [0.1, 0.15) is 0 Å². The third-order valence-electron chi connectivity index (χ3n) is 4.66. The Balaban J connectivity index is 1.35. The second kappa shape index (κ2) is 7.78. The first-order valence-electron chi connectivity index (χ1n) is 9.09. The van der Waals surface area contributed by atoms with Crippen LogP contribution in [0.1, 0.15) is 33.6 Å². The minimum Gasteiger partial charge on any atom is -0.352 e. The fraction of sp³-hybridized carbons (Fsp3) is 0.350. The predicted octanol–water partition coefficient (Wildman–Crippen LogP) is 3.49. The number of benzene rings is 1. The van der Waals surface area contributed by atoms with Gasteiger partial charge in [-0.15, -0.1) is 22.7 Å². The number of hydrogen-bond donors (Lipinski definition) is 1. The number of nitrogens with zero attached hydrogens (tertiary/aromatic N) is 2. The number of thiophene rings is 1. The van der Waals surface area contributed by atoms with Crippen LogP contribution in [0.2, 0.25) is 0 Å². The minimum absolute atomic E-state index is 0.0299. The molecule has 140 valence electrons. The molecule has 2 amide bonds. The van der Waals surface area contributed by atoms with Gasteiger partial charge in [-0.25, -0.2) is 4.98 Å². The molecule has 1 aromatic carbocycles. The first kappa shape index (κ1) is 18.1. The Morgan fingerprint density at radius 1 is 1.33 bits per heavy atom. The Bertz CT molecular complexity index is 945. The molecular formula is C20H21N3O2S2. The molecule has 0 saturated carbocycles. The largest absolute Gasteiger partial charge is 0.352 e. The molecule has 1 unspecified atom stereocenters. The van der Waals surface area contributed by atoms with Crippen molar-refractivity contribution in [2.24, 2.45) is 0 Å². The molecule has 3 aromatic rings. The maximum atomic E-state index is 12.7. The highest BCUT2D eigenvalue weighted by atomic mass is 32.1. The van der Waals surface area contributed by atoms with Gasteiger partial charge in [-0.3, -0.25) is 9.59 Å². The van der Waals surface area contributed by atoms with E-state index in [0.29, 0.717) is 13.0 Å². The fourth-order valence-corrected chi connectivity index (χ4v) is 5.40. The van der Waals surface area contributed by atoms with Gasteiger partial charge in [-0.1, -0.05) is 12.1 Å². The number of thiazole rings is 1. The number of rotatable bonds is 5. The Hall–Kier alpha value is -2.25. The predicted molar refractivity (Wildman–Crippen MR) is 109 cm³/mol.